The monoisotopic (exact) mass is 463 g/mol. The first-order valence-electron chi connectivity index (χ1n) is 10.6. The summed E-state index contributed by atoms with van der Waals surface area (Å²) in [7, 11) is 1.85. The largest absolute Gasteiger partial charge is 0.321 e. The Morgan fingerprint density at radius 2 is 1.94 bits per heavy atom. The lowest BCUT2D eigenvalue weighted by Gasteiger charge is -2.18. The van der Waals surface area contributed by atoms with E-state index in [1.807, 2.05) is 58.3 Å². The molecule has 0 aliphatic carbocycles. The van der Waals surface area contributed by atoms with Crippen LogP contribution in [-0.2, 0) is 19.0 Å². The fourth-order valence-electron chi connectivity index (χ4n) is 3.33. The Bertz CT molecular complexity index is 1290. The molecule has 33 heavy (non-hydrogen) atoms. The van der Waals surface area contributed by atoms with Crippen LogP contribution >= 0.6 is 11.6 Å². The zero-order valence-electron chi connectivity index (χ0n) is 19.1. The van der Waals surface area contributed by atoms with Crippen molar-refractivity contribution in [3.05, 3.63) is 71.4 Å². The summed E-state index contributed by atoms with van der Waals surface area (Å²) in [5, 5.41) is 12.2. The maximum absolute atomic E-state index is 12.6. The lowest BCUT2D eigenvalue weighted by atomic mass is 10.0. The lowest BCUT2D eigenvalue weighted by Crippen LogP contribution is -2.22. The zero-order chi connectivity index (χ0) is 23.6. The average Bonchev–Trinajstić information content (AvgIpc) is 3.42. The molecule has 3 heterocycles. The summed E-state index contributed by atoms with van der Waals surface area (Å²) in [6, 6.07) is 7.60. The van der Waals surface area contributed by atoms with E-state index in [0.717, 1.165) is 22.5 Å². The number of aromatic nitrogens is 6. The molecule has 1 N–H and O–H groups in total. The standard InChI is InChI=1S/C24H26ClN7O/c1-24(2,3)32-14-18(12-28-32)22(33)8-7-16-5-6-17(11-20(16)25)21-9-10-26-23(30-21)29-19-13-27-31(4)15-19/h5-6,9-15H,7-8H2,1-4H3,(H,26,29,30). The molecule has 170 valence electrons. The molecule has 0 aliphatic heterocycles. The molecule has 0 fully saturated rings. The van der Waals surface area contributed by atoms with Gasteiger partial charge >= 0.3 is 0 Å². The summed E-state index contributed by atoms with van der Waals surface area (Å²) in [4.78, 5) is 21.5. The first-order valence-corrected chi connectivity index (χ1v) is 11.0. The van der Waals surface area contributed by atoms with Gasteiger partial charge in [0.05, 0.1) is 34.9 Å². The maximum Gasteiger partial charge on any atom is 0.227 e. The van der Waals surface area contributed by atoms with Gasteiger partial charge in [-0.2, -0.15) is 10.2 Å². The molecule has 8 nitrogen and oxygen atoms in total. The van der Waals surface area contributed by atoms with E-state index in [1.54, 1.807) is 34.2 Å². The number of hydrogen-bond acceptors (Lipinski definition) is 6. The molecule has 9 heteroatoms. The molecule has 0 amide bonds. The van der Waals surface area contributed by atoms with Gasteiger partial charge in [-0.3, -0.25) is 14.2 Å². The number of rotatable bonds is 7. The molecular weight excluding hydrogens is 438 g/mol. The van der Waals surface area contributed by atoms with E-state index in [1.165, 1.54) is 0 Å². The second-order valence-electron chi connectivity index (χ2n) is 8.87. The summed E-state index contributed by atoms with van der Waals surface area (Å²) in [5.74, 6) is 0.523. The van der Waals surface area contributed by atoms with E-state index in [0.29, 0.717) is 29.4 Å². The Hall–Kier alpha value is -3.52. The zero-order valence-corrected chi connectivity index (χ0v) is 19.8. The SMILES string of the molecule is Cn1cc(Nc2nccc(-c3ccc(CCC(=O)c4cnn(C(C)(C)C)c4)c(Cl)c3)n2)cn1. The Labute approximate surface area is 197 Å². The number of carbonyl (C=O) groups is 1. The third-order valence-corrected chi connectivity index (χ3v) is 5.53. The molecule has 0 atom stereocenters. The fraction of sp³-hybridized carbons (Fsp3) is 0.292. The van der Waals surface area contributed by atoms with E-state index < -0.39 is 0 Å². The number of ketones is 1. The number of aryl methyl sites for hydroxylation is 2. The predicted molar refractivity (Wildman–Crippen MR) is 129 cm³/mol. The van der Waals surface area contributed by atoms with Gasteiger partial charge in [0.1, 0.15) is 0 Å². The van der Waals surface area contributed by atoms with Crippen molar-refractivity contribution in [1.82, 2.24) is 29.5 Å². The van der Waals surface area contributed by atoms with Crippen molar-refractivity contribution in [2.45, 2.75) is 39.2 Å². The maximum atomic E-state index is 12.6. The topological polar surface area (TPSA) is 90.5 Å². The Morgan fingerprint density at radius 1 is 1.12 bits per heavy atom. The van der Waals surface area contributed by atoms with Gasteiger partial charge in [0.15, 0.2) is 5.78 Å². The van der Waals surface area contributed by atoms with E-state index in [-0.39, 0.29) is 11.3 Å². The molecule has 4 aromatic rings. The van der Waals surface area contributed by atoms with Crippen LogP contribution in [-0.4, -0.2) is 35.3 Å². The van der Waals surface area contributed by atoms with Crippen molar-refractivity contribution in [2.75, 3.05) is 5.32 Å². The van der Waals surface area contributed by atoms with Crippen LogP contribution in [0.25, 0.3) is 11.3 Å². The quantitative estimate of drug-likeness (QED) is 0.386. The van der Waals surface area contributed by atoms with Crippen molar-refractivity contribution in [2.24, 2.45) is 7.05 Å². The highest BCUT2D eigenvalue weighted by atomic mass is 35.5. The molecule has 0 aliphatic rings. The number of carbonyl (C=O) groups excluding carboxylic acids is 1. The van der Waals surface area contributed by atoms with Gasteiger partial charge in [-0.1, -0.05) is 23.7 Å². The minimum Gasteiger partial charge on any atom is -0.321 e. The summed E-state index contributed by atoms with van der Waals surface area (Å²) < 4.78 is 3.51. The molecular formula is C24H26ClN7O. The Kier molecular flexibility index (Phi) is 6.29. The molecule has 0 saturated carbocycles. The summed E-state index contributed by atoms with van der Waals surface area (Å²) >= 11 is 6.55. The molecule has 0 saturated heterocycles. The minimum atomic E-state index is -0.161. The van der Waals surface area contributed by atoms with Gasteiger partial charge in [-0.15, -0.1) is 0 Å². The number of anilines is 2. The summed E-state index contributed by atoms with van der Waals surface area (Å²) in [6.45, 7) is 6.14. The summed E-state index contributed by atoms with van der Waals surface area (Å²) in [6.07, 6.45) is 9.59. The van der Waals surface area contributed by atoms with Gasteiger partial charge in [0.25, 0.3) is 0 Å². The third kappa shape index (κ3) is 5.46. The van der Waals surface area contributed by atoms with Crippen LogP contribution in [0.15, 0.2) is 55.2 Å². The van der Waals surface area contributed by atoms with E-state index in [4.69, 9.17) is 11.6 Å². The van der Waals surface area contributed by atoms with Crippen LogP contribution in [0, 0.1) is 0 Å². The molecule has 1 aromatic carbocycles. The van der Waals surface area contributed by atoms with Crippen LogP contribution < -0.4 is 5.32 Å². The summed E-state index contributed by atoms with van der Waals surface area (Å²) in [5.41, 5.74) is 3.80. The first kappa shape index (κ1) is 22.7. The first-order chi connectivity index (χ1) is 15.7. The van der Waals surface area contributed by atoms with E-state index in [9.17, 15) is 4.79 Å². The molecule has 0 radical (unpaired) electrons. The van der Waals surface area contributed by atoms with Crippen LogP contribution in [0.3, 0.4) is 0 Å². The van der Waals surface area contributed by atoms with Gasteiger partial charge in [-0.05, 0) is 44.9 Å². The third-order valence-electron chi connectivity index (χ3n) is 5.18. The van der Waals surface area contributed by atoms with Crippen molar-refractivity contribution in [3.8, 4) is 11.3 Å². The van der Waals surface area contributed by atoms with Crippen molar-refractivity contribution >= 4 is 29.0 Å². The number of nitrogens with zero attached hydrogens (tertiary/aromatic N) is 6. The Morgan fingerprint density at radius 3 is 2.61 bits per heavy atom. The normalized spacial score (nSPS) is 11.5. The molecule has 0 spiro atoms. The van der Waals surface area contributed by atoms with Crippen LogP contribution in [0.1, 0.15) is 43.1 Å². The molecule has 3 aromatic heterocycles. The van der Waals surface area contributed by atoms with Crippen molar-refractivity contribution in [1.29, 1.82) is 0 Å². The lowest BCUT2D eigenvalue weighted by molar-refractivity contribution is 0.0982. The highest BCUT2D eigenvalue weighted by Crippen LogP contribution is 2.26. The van der Waals surface area contributed by atoms with Gasteiger partial charge in [0, 0.05) is 42.6 Å². The number of halogens is 1. The van der Waals surface area contributed by atoms with Gasteiger partial charge in [0.2, 0.25) is 5.95 Å². The molecule has 0 bridgehead atoms. The van der Waals surface area contributed by atoms with E-state index in [2.05, 4.69) is 25.5 Å². The molecule has 0 unspecified atom stereocenters. The van der Waals surface area contributed by atoms with Crippen LogP contribution in [0.4, 0.5) is 11.6 Å². The van der Waals surface area contributed by atoms with Gasteiger partial charge in [-0.25, -0.2) is 9.97 Å². The number of nitrogens with one attached hydrogen (secondary N) is 1. The van der Waals surface area contributed by atoms with Crippen LogP contribution in [0.5, 0.6) is 0 Å². The van der Waals surface area contributed by atoms with Crippen LogP contribution in [0.2, 0.25) is 5.02 Å². The number of Topliss-reactive ketones (excluding diaryl/α,β-unsaturated/α-hetero) is 1. The number of benzene rings is 1. The minimum absolute atomic E-state index is 0.0487. The smallest absolute Gasteiger partial charge is 0.227 e. The predicted octanol–water partition coefficient (Wildman–Crippen LogP) is 5.04. The second kappa shape index (κ2) is 9.15. The number of hydrogen-bond donors (Lipinski definition) is 1. The Balaban J connectivity index is 1.43. The van der Waals surface area contributed by atoms with Crippen molar-refractivity contribution < 1.29 is 4.79 Å². The molecule has 4 rings (SSSR count). The second-order valence-corrected chi connectivity index (χ2v) is 9.27. The van der Waals surface area contributed by atoms with E-state index >= 15 is 0 Å². The van der Waals surface area contributed by atoms with Gasteiger partial charge < -0.3 is 5.32 Å². The average molecular weight is 464 g/mol. The highest BCUT2D eigenvalue weighted by Gasteiger charge is 2.17. The van der Waals surface area contributed by atoms with Crippen molar-refractivity contribution in [3.63, 3.8) is 0 Å². The fourth-order valence-corrected chi connectivity index (χ4v) is 3.61. The highest BCUT2D eigenvalue weighted by molar-refractivity contribution is 6.31.